The molecular weight excluding hydrogens is 374 g/mol. The zero-order valence-electron chi connectivity index (χ0n) is 16.6. The van der Waals surface area contributed by atoms with Gasteiger partial charge in [0.2, 0.25) is 0 Å². The Balaban J connectivity index is 1.85. The highest BCUT2D eigenvalue weighted by Gasteiger charge is 2.51. The third kappa shape index (κ3) is 3.28. The summed E-state index contributed by atoms with van der Waals surface area (Å²) in [7, 11) is -3.26. The Morgan fingerprint density at radius 3 is 2.75 bits per heavy atom. The van der Waals surface area contributed by atoms with Crippen molar-refractivity contribution in [3.63, 3.8) is 0 Å². The fourth-order valence-electron chi connectivity index (χ4n) is 4.19. The van der Waals surface area contributed by atoms with Crippen LogP contribution in [-0.4, -0.2) is 49.9 Å². The lowest BCUT2D eigenvalue weighted by Gasteiger charge is -2.41. The smallest absolute Gasteiger partial charge is 0.161 e. The van der Waals surface area contributed by atoms with Crippen molar-refractivity contribution in [1.82, 2.24) is 9.97 Å². The minimum absolute atomic E-state index is 0.132. The fourth-order valence-corrected chi connectivity index (χ4v) is 6.08. The van der Waals surface area contributed by atoms with Gasteiger partial charge in [-0.15, -0.1) is 0 Å². The van der Waals surface area contributed by atoms with Crippen LogP contribution in [0.2, 0.25) is 0 Å². The zero-order valence-corrected chi connectivity index (χ0v) is 17.4. The maximum Gasteiger partial charge on any atom is 0.161 e. The van der Waals surface area contributed by atoms with Crippen molar-refractivity contribution < 1.29 is 13.2 Å². The van der Waals surface area contributed by atoms with Crippen LogP contribution < -0.4 is 4.90 Å². The van der Waals surface area contributed by atoms with E-state index in [4.69, 9.17) is 14.7 Å². The number of hydrogen-bond acceptors (Lipinski definition) is 6. The predicted molar refractivity (Wildman–Crippen MR) is 111 cm³/mol. The summed E-state index contributed by atoms with van der Waals surface area (Å²) in [5.41, 5.74) is 1.61. The summed E-state index contributed by atoms with van der Waals surface area (Å²) >= 11 is 0. The maximum atomic E-state index is 13.0. The molecule has 2 fully saturated rings. The van der Waals surface area contributed by atoms with Crippen molar-refractivity contribution in [3.05, 3.63) is 42.2 Å². The van der Waals surface area contributed by atoms with Gasteiger partial charge in [-0.25, -0.2) is 18.4 Å². The van der Waals surface area contributed by atoms with Crippen LogP contribution in [-0.2, 0) is 19.3 Å². The van der Waals surface area contributed by atoms with Crippen molar-refractivity contribution in [1.29, 1.82) is 0 Å². The molecule has 1 saturated carbocycles. The van der Waals surface area contributed by atoms with Crippen LogP contribution in [0.5, 0.6) is 0 Å². The van der Waals surface area contributed by atoms with Crippen LogP contribution in [0.1, 0.15) is 51.0 Å². The second kappa shape index (κ2) is 7.59. The van der Waals surface area contributed by atoms with E-state index >= 15 is 0 Å². The number of nitrogens with zero attached hydrogens (tertiary/aromatic N) is 3. The van der Waals surface area contributed by atoms with Crippen molar-refractivity contribution in [2.24, 2.45) is 0 Å². The van der Waals surface area contributed by atoms with Gasteiger partial charge in [-0.05, 0) is 39.0 Å². The van der Waals surface area contributed by atoms with E-state index in [1.807, 2.05) is 18.2 Å². The summed E-state index contributed by atoms with van der Waals surface area (Å²) < 4.78 is 30.7. The molecule has 0 bridgehead atoms. The number of allylic oxidation sites excluding steroid dienone is 4. The van der Waals surface area contributed by atoms with E-state index in [-0.39, 0.29) is 11.8 Å². The summed E-state index contributed by atoms with van der Waals surface area (Å²) in [5, 5.41) is 0. The molecule has 3 aliphatic rings. The van der Waals surface area contributed by atoms with Crippen LogP contribution in [0.3, 0.4) is 0 Å². The first-order valence-corrected chi connectivity index (χ1v) is 11.8. The van der Waals surface area contributed by atoms with Gasteiger partial charge < -0.3 is 9.64 Å². The molecule has 1 aliphatic heterocycles. The molecule has 28 heavy (non-hydrogen) atoms. The van der Waals surface area contributed by atoms with Crippen LogP contribution in [0.25, 0.3) is 5.57 Å². The minimum atomic E-state index is -3.26. The molecular formula is C21H28N3O3S. The monoisotopic (exact) mass is 402 g/mol. The van der Waals surface area contributed by atoms with E-state index in [1.54, 1.807) is 6.92 Å². The molecule has 6 nitrogen and oxygen atoms in total. The van der Waals surface area contributed by atoms with E-state index < -0.39 is 14.6 Å². The van der Waals surface area contributed by atoms with Crippen LogP contribution >= 0.6 is 0 Å². The predicted octanol–water partition coefficient (Wildman–Crippen LogP) is 3.06. The van der Waals surface area contributed by atoms with Crippen molar-refractivity contribution >= 4 is 21.2 Å². The summed E-state index contributed by atoms with van der Waals surface area (Å²) in [6.07, 6.45) is 11.2. The number of anilines is 1. The molecule has 1 radical (unpaired) electrons. The largest absolute Gasteiger partial charge is 0.377 e. The van der Waals surface area contributed by atoms with Gasteiger partial charge in [0.05, 0.1) is 24.9 Å². The first-order valence-electron chi connectivity index (χ1n) is 10.1. The van der Waals surface area contributed by atoms with Gasteiger partial charge in [0.25, 0.3) is 0 Å². The van der Waals surface area contributed by atoms with Crippen molar-refractivity contribution in [2.75, 3.05) is 30.4 Å². The quantitative estimate of drug-likeness (QED) is 0.754. The molecule has 0 spiro atoms. The van der Waals surface area contributed by atoms with Gasteiger partial charge in [-0.1, -0.05) is 25.2 Å². The molecule has 2 aliphatic carbocycles. The topological polar surface area (TPSA) is 72.4 Å². The number of hydrogen-bond donors (Lipinski definition) is 0. The SMILES string of the molecule is CCS(=O)(=O)C1(c2cc(N3CCOC[C@@H]3C)nc(C3=CC[CH]C=C3)n2)CCC1. The zero-order chi connectivity index (χ0) is 19.8. The minimum Gasteiger partial charge on any atom is -0.377 e. The number of rotatable bonds is 5. The van der Waals surface area contributed by atoms with E-state index in [0.717, 1.165) is 30.8 Å². The first kappa shape index (κ1) is 19.6. The average Bonchev–Trinajstić information content (AvgIpc) is 2.68. The van der Waals surface area contributed by atoms with Gasteiger partial charge in [-0.2, -0.15) is 0 Å². The lowest BCUT2D eigenvalue weighted by Crippen LogP contribution is -2.46. The molecule has 1 atom stereocenters. The van der Waals surface area contributed by atoms with Crippen LogP contribution in [0.4, 0.5) is 5.82 Å². The Morgan fingerprint density at radius 1 is 1.32 bits per heavy atom. The van der Waals surface area contributed by atoms with Crippen LogP contribution in [0.15, 0.2) is 24.3 Å². The molecule has 2 heterocycles. The Labute approximate surface area is 167 Å². The first-order chi connectivity index (χ1) is 13.5. The number of aromatic nitrogens is 2. The summed E-state index contributed by atoms with van der Waals surface area (Å²) in [6, 6.07) is 2.10. The van der Waals surface area contributed by atoms with Crippen molar-refractivity contribution in [2.45, 2.75) is 50.3 Å². The average molecular weight is 403 g/mol. The molecule has 1 aromatic heterocycles. The normalized spacial score (nSPS) is 24.6. The molecule has 151 valence electrons. The van der Waals surface area contributed by atoms with Gasteiger partial charge in [0.15, 0.2) is 15.7 Å². The van der Waals surface area contributed by atoms with E-state index in [9.17, 15) is 8.42 Å². The van der Waals surface area contributed by atoms with Gasteiger partial charge in [-0.3, -0.25) is 0 Å². The lowest BCUT2D eigenvalue weighted by molar-refractivity contribution is 0.0985. The Bertz CT molecular complexity index is 903. The van der Waals surface area contributed by atoms with Gasteiger partial charge in [0, 0.05) is 23.9 Å². The standard InChI is InChI=1S/C21H28N3O3S/c1-3-28(25,26)21(10-7-11-21)18-14-19(24-12-13-27-15-16(24)2)23-20(22-18)17-8-5-4-6-9-17/h4-5,8-9,14,16H,3,6-7,10-13,15H2,1-2H3/t16-/m0/s1. The molecule has 0 N–H and O–H groups in total. The molecule has 4 rings (SSSR count). The molecule has 0 aromatic carbocycles. The Morgan fingerprint density at radius 2 is 2.14 bits per heavy atom. The molecule has 1 saturated heterocycles. The highest BCUT2D eigenvalue weighted by Crippen LogP contribution is 2.48. The number of morpholine rings is 1. The van der Waals surface area contributed by atoms with Crippen molar-refractivity contribution in [3.8, 4) is 0 Å². The maximum absolute atomic E-state index is 13.0. The molecule has 0 amide bonds. The van der Waals surface area contributed by atoms with E-state index in [1.165, 1.54) is 0 Å². The highest BCUT2D eigenvalue weighted by molar-refractivity contribution is 7.92. The Kier molecular flexibility index (Phi) is 5.31. The number of ether oxygens (including phenoxy) is 1. The van der Waals surface area contributed by atoms with E-state index in [2.05, 4.69) is 24.3 Å². The van der Waals surface area contributed by atoms with Gasteiger partial charge in [0.1, 0.15) is 10.6 Å². The third-order valence-corrected chi connectivity index (χ3v) is 8.69. The number of sulfone groups is 1. The lowest BCUT2D eigenvalue weighted by atomic mass is 9.81. The fraction of sp³-hybridized carbons (Fsp3) is 0.571. The summed E-state index contributed by atoms with van der Waals surface area (Å²) in [6.45, 7) is 5.87. The van der Waals surface area contributed by atoms with E-state index in [0.29, 0.717) is 37.6 Å². The second-order valence-corrected chi connectivity index (χ2v) is 10.4. The van der Waals surface area contributed by atoms with Gasteiger partial charge >= 0.3 is 0 Å². The van der Waals surface area contributed by atoms with Crippen LogP contribution in [0, 0.1) is 6.42 Å². The molecule has 0 unspecified atom stereocenters. The summed E-state index contributed by atoms with van der Waals surface area (Å²) in [5.74, 6) is 1.55. The molecule has 7 heteroatoms. The second-order valence-electron chi connectivity index (χ2n) is 7.79. The third-order valence-electron chi connectivity index (χ3n) is 6.12. The highest BCUT2D eigenvalue weighted by atomic mass is 32.2. The summed E-state index contributed by atoms with van der Waals surface area (Å²) in [4.78, 5) is 11.9. The Hall–Kier alpha value is -1.73. The molecule has 1 aromatic rings.